The first-order valence-corrected chi connectivity index (χ1v) is 7.23. The number of hydrogen-bond acceptors (Lipinski definition) is 3. The number of rotatable bonds is 2. The first-order valence-electron chi connectivity index (χ1n) is 5.29. The molecular formula is C12H11BrN2OS. The van der Waals surface area contributed by atoms with Crippen LogP contribution in [0, 0.1) is 17.2 Å². The van der Waals surface area contributed by atoms with Gasteiger partial charge in [0.2, 0.25) is 5.91 Å². The lowest BCUT2D eigenvalue weighted by atomic mass is 10.1. The molecule has 1 aromatic carbocycles. The van der Waals surface area contributed by atoms with Gasteiger partial charge in [0.05, 0.1) is 11.3 Å². The SMILES string of the molecule is N#Cc1ccc(Br)cc1NC(=O)C1CCSC1. The van der Waals surface area contributed by atoms with E-state index in [-0.39, 0.29) is 11.8 Å². The van der Waals surface area contributed by atoms with E-state index < -0.39 is 0 Å². The number of nitrogens with one attached hydrogen (secondary N) is 1. The van der Waals surface area contributed by atoms with Crippen molar-refractivity contribution in [2.45, 2.75) is 6.42 Å². The van der Waals surface area contributed by atoms with E-state index in [1.54, 1.807) is 30.0 Å². The molecule has 0 aliphatic carbocycles. The zero-order valence-corrected chi connectivity index (χ0v) is 11.5. The summed E-state index contributed by atoms with van der Waals surface area (Å²) in [5.41, 5.74) is 1.08. The Balaban J connectivity index is 2.15. The second-order valence-electron chi connectivity index (χ2n) is 3.85. The van der Waals surface area contributed by atoms with E-state index in [0.717, 1.165) is 22.4 Å². The Morgan fingerprint density at radius 1 is 1.59 bits per heavy atom. The largest absolute Gasteiger partial charge is 0.325 e. The van der Waals surface area contributed by atoms with Crippen LogP contribution in [0.2, 0.25) is 0 Å². The summed E-state index contributed by atoms with van der Waals surface area (Å²) in [5, 5.41) is 11.8. The maximum absolute atomic E-state index is 11.9. The summed E-state index contributed by atoms with van der Waals surface area (Å²) >= 11 is 5.13. The molecule has 88 valence electrons. The third-order valence-corrected chi connectivity index (χ3v) is 4.32. The molecule has 2 rings (SSSR count). The molecule has 1 N–H and O–H groups in total. The number of nitriles is 1. The third-order valence-electron chi connectivity index (χ3n) is 2.66. The minimum Gasteiger partial charge on any atom is -0.325 e. The highest BCUT2D eigenvalue weighted by molar-refractivity contribution is 9.10. The molecule has 1 atom stereocenters. The van der Waals surface area contributed by atoms with Crippen LogP contribution < -0.4 is 5.32 Å². The maximum atomic E-state index is 11.9. The number of thioether (sulfide) groups is 1. The molecule has 0 aromatic heterocycles. The van der Waals surface area contributed by atoms with E-state index in [4.69, 9.17) is 5.26 Å². The molecule has 1 fully saturated rings. The van der Waals surface area contributed by atoms with E-state index >= 15 is 0 Å². The van der Waals surface area contributed by atoms with Crippen LogP contribution in [0.3, 0.4) is 0 Å². The Morgan fingerprint density at radius 3 is 3.06 bits per heavy atom. The summed E-state index contributed by atoms with van der Waals surface area (Å²) in [6, 6.07) is 7.33. The summed E-state index contributed by atoms with van der Waals surface area (Å²) in [7, 11) is 0. The van der Waals surface area contributed by atoms with Gasteiger partial charge >= 0.3 is 0 Å². The van der Waals surface area contributed by atoms with Crippen LogP contribution in [0.1, 0.15) is 12.0 Å². The van der Waals surface area contributed by atoms with E-state index in [1.807, 2.05) is 0 Å². The van der Waals surface area contributed by atoms with Crippen LogP contribution in [0.15, 0.2) is 22.7 Å². The lowest BCUT2D eigenvalue weighted by molar-refractivity contribution is -0.119. The van der Waals surface area contributed by atoms with E-state index in [9.17, 15) is 4.79 Å². The summed E-state index contributed by atoms with van der Waals surface area (Å²) in [6.45, 7) is 0. The van der Waals surface area contributed by atoms with Crippen molar-refractivity contribution >= 4 is 39.3 Å². The Labute approximate surface area is 113 Å². The van der Waals surface area contributed by atoms with E-state index in [1.165, 1.54) is 0 Å². The molecule has 1 unspecified atom stereocenters. The van der Waals surface area contributed by atoms with Crippen LogP contribution in [0.25, 0.3) is 0 Å². The van der Waals surface area contributed by atoms with Gasteiger partial charge in [-0.05, 0) is 30.4 Å². The van der Waals surface area contributed by atoms with Gasteiger partial charge in [-0.3, -0.25) is 4.79 Å². The molecule has 1 aliphatic rings. The van der Waals surface area contributed by atoms with Crippen molar-refractivity contribution < 1.29 is 4.79 Å². The number of carbonyl (C=O) groups excluding carboxylic acids is 1. The molecule has 1 aromatic rings. The smallest absolute Gasteiger partial charge is 0.228 e. The van der Waals surface area contributed by atoms with Gasteiger partial charge in [-0.15, -0.1) is 0 Å². The van der Waals surface area contributed by atoms with Crippen LogP contribution in [0.4, 0.5) is 5.69 Å². The molecule has 17 heavy (non-hydrogen) atoms. The Kier molecular flexibility index (Phi) is 4.08. The number of amides is 1. The third kappa shape index (κ3) is 3.02. The van der Waals surface area contributed by atoms with Gasteiger partial charge in [0, 0.05) is 16.1 Å². The second-order valence-corrected chi connectivity index (χ2v) is 5.92. The first-order chi connectivity index (χ1) is 8.20. The predicted molar refractivity (Wildman–Crippen MR) is 72.9 cm³/mol. The quantitative estimate of drug-likeness (QED) is 0.913. The number of anilines is 1. The highest BCUT2D eigenvalue weighted by Gasteiger charge is 2.23. The van der Waals surface area contributed by atoms with Crippen molar-refractivity contribution in [3.8, 4) is 6.07 Å². The Hall–Kier alpha value is -0.990. The lowest BCUT2D eigenvalue weighted by Crippen LogP contribution is -2.22. The standard InChI is InChI=1S/C12H11BrN2OS/c13-10-2-1-8(6-14)11(5-10)15-12(16)9-3-4-17-7-9/h1-2,5,9H,3-4,7H2,(H,15,16). The lowest BCUT2D eigenvalue weighted by Gasteiger charge is -2.11. The van der Waals surface area contributed by atoms with E-state index in [0.29, 0.717) is 11.3 Å². The minimum absolute atomic E-state index is 0.0181. The molecule has 0 saturated carbocycles. The van der Waals surface area contributed by atoms with Crippen LogP contribution in [-0.4, -0.2) is 17.4 Å². The van der Waals surface area contributed by atoms with Gasteiger partial charge in [0.25, 0.3) is 0 Å². The van der Waals surface area contributed by atoms with Gasteiger partial charge in [-0.2, -0.15) is 17.0 Å². The van der Waals surface area contributed by atoms with Crippen molar-refractivity contribution in [1.29, 1.82) is 5.26 Å². The fourth-order valence-corrected chi connectivity index (χ4v) is 3.27. The van der Waals surface area contributed by atoms with Crippen LogP contribution in [0.5, 0.6) is 0 Å². The van der Waals surface area contributed by atoms with Gasteiger partial charge < -0.3 is 5.32 Å². The highest BCUT2D eigenvalue weighted by Crippen LogP contribution is 2.26. The topological polar surface area (TPSA) is 52.9 Å². The molecule has 1 amide bonds. The fraction of sp³-hybridized carbons (Fsp3) is 0.333. The number of benzene rings is 1. The van der Waals surface area contributed by atoms with Crippen LogP contribution >= 0.6 is 27.7 Å². The maximum Gasteiger partial charge on any atom is 0.228 e. The summed E-state index contributed by atoms with van der Waals surface area (Å²) in [6.07, 6.45) is 0.923. The molecule has 0 radical (unpaired) electrons. The Bertz CT molecular complexity index is 478. The van der Waals surface area contributed by atoms with Gasteiger partial charge in [0.1, 0.15) is 6.07 Å². The predicted octanol–water partition coefficient (Wildman–Crippen LogP) is 3.01. The molecule has 1 aliphatic heterocycles. The molecule has 1 heterocycles. The fourth-order valence-electron chi connectivity index (χ4n) is 1.69. The number of hydrogen-bond donors (Lipinski definition) is 1. The summed E-state index contributed by atoms with van der Waals surface area (Å²) in [4.78, 5) is 11.9. The summed E-state index contributed by atoms with van der Waals surface area (Å²) in [5.74, 6) is 2.01. The van der Waals surface area contributed by atoms with Crippen molar-refractivity contribution in [2.75, 3.05) is 16.8 Å². The van der Waals surface area contributed by atoms with Crippen molar-refractivity contribution in [1.82, 2.24) is 0 Å². The monoisotopic (exact) mass is 310 g/mol. The average molecular weight is 311 g/mol. The first kappa shape index (κ1) is 12.5. The average Bonchev–Trinajstić information content (AvgIpc) is 2.83. The molecule has 0 bridgehead atoms. The number of carbonyl (C=O) groups is 1. The molecule has 3 nitrogen and oxygen atoms in total. The second kappa shape index (κ2) is 5.56. The Morgan fingerprint density at radius 2 is 2.41 bits per heavy atom. The van der Waals surface area contributed by atoms with Crippen molar-refractivity contribution in [3.05, 3.63) is 28.2 Å². The molecule has 0 spiro atoms. The number of nitrogens with zero attached hydrogens (tertiary/aromatic N) is 1. The number of halogens is 1. The molecular weight excluding hydrogens is 300 g/mol. The molecule has 5 heteroatoms. The van der Waals surface area contributed by atoms with Gasteiger partial charge in [-0.25, -0.2) is 0 Å². The van der Waals surface area contributed by atoms with E-state index in [2.05, 4.69) is 27.3 Å². The minimum atomic E-state index is 0.0181. The van der Waals surface area contributed by atoms with Gasteiger partial charge in [0.15, 0.2) is 0 Å². The highest BCUT2D eigenvalue weighted by atomic mass is 79.9. The zero-order chi connectivity index (χ0) is 12.3. The van der Waals surface area contributed by atoms with Gasteiger partial charge in [-0.1, -0.05) is 15.9 Å². The van der Waals surface area contributed by atoms with Crippen LogP contribution in [-0.2, 0) is 4.79 Å². The zero-order valence-electron chi connectivity index (χ0n) is 9.07. The normalized spacial score (nSPS) is 18.7. The summed E-state index contributed by atoms with van der Waals surface area (Å²) < 4.78 is 0.854. The van der Waals surface area contributed by atoms with Crippen molar-refractivity contribution in [3.63, 3.8) is 0 Å². The molecule has 1 saturated heterocycles. The van der Waals surface area contributed by atoms with Crippen molar-refractivity contribution in [2.24, 2.45) is 5.92 Å².